The highest BCUT2D eigenvalue weighted by Crippen LogP contribution is 2.50. The summed E-state index contributed by atoms with van der Waals surface area (Å²) in [5, 5.41) is 0. The summed E-state index contributed by atoms with van der Waals surface area (Å²) < 4.78 is 99.3. The molecular weight excluding hydrogens is 489 g/mol. The van der Waals surface area contributed by atoms with Crippen molar-refractivity contribution in [3.05, 3.63) is 88.8 Å². The highest BCUT2D eigenvalue weighted by molar-refractivity contribution is 5.97. The zero-order valence-corrected chi connectivity index (χ0v) is 19.7. The molecule has 2 aromatic carbocycles. The zero-order chi connectivity index (χ0) is 26.7. The molecule has 1 unspecified atom stereocenters. The molecule has 3 rings (SSSR count). The number of hydrogen-bond donors (Lipinski definition) is 0. The predicted octanol–water partition coefficient (Wildman–Crippen LogP) is 7.42. The molecule has 2 aromatic rings. The van der Waals surface area contributed by atoms with Gasteiger partial charge in [0, 0.05) is 12.0 Å². The maximum atomic E-state index is 15.6. The number of halogens is 7. The summed E-state index contributed by atoms with van der Waals surface area (Å²) in [6, 6.07) is 4.59. The van der Waals surface area contributed by atoms with Gasteiger partial charge in [0.25, 0.3) is 0 Å². The highest BCUT2D eigenvalue weighted by atomic mass is 19.4. The molecule has 1 aliphatic rings. The third-order valence-corrected chi connectivity index (χ3v) is 6.00. The van der Waals surface area contributed by atoms with Gasteiger partial charge in [0.1, 0.15) is 17.9 Å². The molecule has 0 spiro atoms. The van der Waals surface area contributed by atoms with Gasteiger partial charge in [-0.1, -0.05) is 37.3 Å². The Hall–Kier alpha value is -3.30. The first-order chi connectivity index (χ1) is 17.0. The molecule has 0 radical (unpaired) electrons. The van der Waals surface area contributed by atoms with Crippen LogP contribution < -0.4 is 4.90 Å². The van der Waals surface area contributed by atoms with Gasteiger partial charge in [-0.3, -0.25) is 9.29 Å². The van der Waals surface area contributed by atoms with E-state index in [-0.39, 0.29) is 17.8 Å². The summed E-state index contributed by atoms with van der Waals surface area (Å²) in [6.45, 7) is 0.153. The molecular formula is C26H25F7N2O. The summed E-state index contributed by atoms with van der Waals surface area (Å²) >= 11 is 0. The quantitative estimate of drug-likeness (QED) is 0.266. The second-order valence-corrected chi connectivity index (χ2v) is 8.32. The molecule has 0 aromatic heterocycles. The standard InChI is InChI=1S/C26H25F7N2O/c1-3-5-17(6-4-2)15-34-21-12-11-20(29)23(30)22(21)25(13-14-27,18-7-9-19(28)10-8-18)35(24(34)36)16-26(31,32)33/h3,5-12H,4,13-16H2,1-2H3/b5-3-,17-6+. The van der Waals surface area contributed by atoms with Crippen LogP contribution in [0.4, 0.5) is 41.2 Å². The third kappa shape index (κ3) is 5.12. The van der Waals surface area contributed by atoms with Gasteiger partial charge in [-0.15, -0.1) is 0 Å². The van der Waals surface area contributed by atoms with E-state index >= 15 is 4.39 Å². The Balaban J connectivity index is 2.41. The van der Waals surface area contributed by atoms with Gasteiger partial charge in [-0.25, -0.2) is 18.0 Å². The Bertz CT molecular complexity index is 1160. The molecule has 1 aliphatic heterocycles. The Morgan fingerprint density at radius 3 is 2.28 bits per heavy atom. The summed E-state index contributed by atoms with van der Waals surface area (Å²) in [6.07, 6.45) is -0.177. The number of anilines is 1. The van der Waals surface area contributed by atoms with E-state index in [9.17, 15) is 31.1 Å². The molecule has 2 amide bonds. The molecule has 3 nitrogen and oxygen atoms in total. The van der Waals surface area contributed by atoms with E-state index < -0.39 is 60.4 Å². The van der Waals surface area contributed by atoms with Gasteiger partial charge in [0.05, 0.1) is 18.9 Å². The van der Waals surface area contributed by atoms with E-state index in [4.69, 9.17) is 0 Å². The number of carbonyl (C=O) groups excluding carboxylic acids is 1. The summed E-state index contributed by atoms with van der Waals surface area (Å²) in [5.41, 5.74) is -2.82. The molecule has 0 saturated heterocycles. The minimum Gasteiger partial charge on any atom is -0.301 e. The minimum atomic E-state index is -4.96. The van der Waals surface area contributed by atoms with Crippen molar-refractivity contribution in [1.29, 1.82) is 0 Å². The van der Waals surface area contributed by atoms with E-state index in [2.05, 4.69) is 0 Å². The molecule has 10 heteroatoms. The molecule has 0 bridgehead atoms. The van der Waals surface area contributed by atoms with Crippen LogP contribution in [0.2, 0.25) is 0 Å². The van der Waals surface area contributed by atoms with Crippen LogP contribution >= 0.6 is 0 Å². The van der Waals surface area contributed by atoms with E-state index in [1.54, 1.807) is 25.2 Å². The molecule has 1 atom stereocenters. The number of alkyl halides is 4. The molecule has 0 aliphatic carbocycles. The molecule has 194 valence electrons. The van der Waals surface area contributed by atoms with Crippen molar-refractivity contribution in [3.63, 3.8) is 0 Å². The van der Waals surface area contributed by atoms with Gasteiger partial charge in [0.2, 0.25) is 0 Å². The van der Waals surface area contributed by atoms with Crippen LogP contribution in [-0.2, 0) is 5.54 Å². The van der Waals surface area contributed by atoms with Gasteiger partial charge >= 0.3 is 12.2 Å². The lowest BCUT2D eigenvalue weighted by Crippen LogP contribution is -2.62. The number of nitrogens with zero attached hydrogens (tertiary/aromatic N) is 2. The molecule has 36 heavy (non-hydrogen) atoms. The van der Waals surface area contributed by atoms with Gasteiger partial charge in [-0.05, 0) is 48.7 Å². The number of hydrogen-bond acceptors (Lipinski definition) is 1. The van der Waals surface area contributed by atoms with Crippen molar-refractivity contribution < 1.29 is 35.5 Å². The fourth-order valence-corrected chi connectivity index (χ4v) is 4.65. The van der Waals surface area contributed by atoms with Crippen LogP contribution in [0.5, 0.6) is 0 Å². The van der Waals surface area contributed by atoms with Crippen molar-refractivity contribution in [3.8, 4) is 0 Å². The van der Waals surface area contributed by atoms with Crippen LogP contribution in [0.3, 0.4) is 0 Å². The first-order valence-corrected chi connectivity index (χ1v) is 11.3. The number of allylic oxidation sites excluding steroid dienone is 2. The summed E-state index contributed by atoms with van der Waals surface area (Å²) in [4.78, 5) is 15.0. The molecule has 0 saturated carbocycles. The minimum absolute atomic E-state index is 0.178. The van der Waals surface area contributed by atoms with Crippen molar-refractivity contribution in [2.24, 2.45) is 0 Å². The smallest absolute Gasteiger partial charge is 0.301 e. The van der Waals surface area contributed by atoms with Gasteiger partial charge in [-0.2, -0.15) is 13.2 Å². The van der Waals surface area contributed by atoms with Gasteiger partial charge in [0.15, 0.2) is 11.6 Å². The van der Waals surface area contributed by atoms with Crippen LogP contribution in [0, 0.1) is 17.5 Å². The first-order valence-electron chi connectivity index (χ1n) is 11.3. The van der Waals surface area contributed by atoms with E-state index in [1.807, 2.05) is 6.92 Å². The summed E-state index contributed by atoms with van der Waals surface area (Å²) in [7, 11) is 0. The number of rotatable bonds is 8. The lowest BCUT2D eigenvalue weighted by Gasteiger charge is -2.51. The van der Waals surface area contributed by atoms with Crippen LogP contribution in [0.25, 0.3) is 0 Å². The number of amides is 2. The maximum absolute atomic E-state index is 15.6. The topological polar surface area (TPSA) is 23.6 Å². The van der Waals surface area contributed by atoms with Gasteiger partial charge < -0.3 is 4.90 Å². The average molecular weight is 514 g/mol. The SMILES string of the molecule is C/C=C\C(=C/CC)CN1C(=O)N(CC(F)(F)F)C(CCF)(c2ccc(F)cc2)c2c1ccc(F)c2F. The first kappa shape index (κ1) is 27.3. The van der Waals surface area contributed by atoms with Crippen molar-refractivity contribution in [2.75, 3.05) is 24.7 Å². The fourth-order valence-electron chi connectivity index (χ4n) is 4.65. The van der Waals surface area contributed by atoms with Crippen molar-refractivity contribution in [1.82, 2.24) is 4.90 Å². The van der Waals surface area contributed by atoms with Crippen LogP contribution in [-0.4, -0.2) is 36.9 Å². The van der Waals surface area contributed by atoms with E-state index in [1.165, 1.54) is 0 Å². The Morgan fingerprint density at radius 2 is 1.72 bits per heavy atom. The maximum Gasteiger partial charge on any atom is 0.406 e. The largest absolute Gasteiger partial charge is 0.406 e. The fraction of sp³-hybridized carbons (Fsp3) is 0.346. The Labute approximate surface area is 204 Å². The van der Waals surface area contributed by atoms with E-state index in [0.29, 0.717) is 16.9 Å². The Morgan fingerprint density at radius 1 is 1.06 bits per heavy atom. The van der Waals surface area contributed by atoms with E-state index in [0.717, 1.165) is 41.3 Å². The van der Waals surface area contributed by atoms with Crippen molar-refractivity contribution >= 4 is 11.7 Å². The second-order valence-electron chi connectivity index (χ2n) is 8.32. The average Bonchev–Trinajstić information content (AvgIpc) is 2.81. The summed E-state index contributed by atoms with van der Waals surface area (Å²) in [5.74, 6) is -3.64. The molecule has 1 heterocycles. The molecule has 0 N–H and O–H groups in total. The predicted molar refractivity (Wildman–Crippen MR) is 123 cm³/mol. The van der Waals surface area contributed by atoms with Crippen LogP contribution in [0.1, 0.15) is 37.8 Å². The zero-order valence-electron chi connectivity index (χ0n) is 19.7. The second kappa shape index (κ2) is 10.8. The lowest BCUT2D eigenvalue weighted by molar-refractivity contribution is -0.149. The number of carbonyl (C=O) groups is 1. The Kier molecular flexibility index (Phi) is 8.15. The number of benzene rings is 2. The highest BCUT2D eigenvalue weighted by Gasteiger charge is 2.55. The normalized spacial score (nSPS) is 18.8. The van der Waals surface area contributed by atoms with Crippen LogP contribution in [0.15, 0.2) is 60.2 Å². The third-order valence-electron chi connectivity index (χ3n) is 6.00. The number of urea groups is 1. The number of fused-ring (bicyclic) bond motifs is 1. The van der Waals surface area contributed by atoms with Crippen molar-refractivity contribution in [2.45, 2.75) is 38.4 Å². The monoisotopic (exact) mass is 514 g/mol. The lowest BCUT2D eigenvalue weighted by atomic mass is 9.75. The molecule has 0 fully saturated rings.